The lowest BCUT2D eigenvalue weighted by molar-refractivity contribution is 1.18. The van der Waals surface area contributed by atoms with E-state index < -0.39 is 0 Å². The number of hydrogen-bond donors (Lipinski definition) is 0. The van der Waals surface area contributed by atoms with Gasteiger partial charge in [0, 0.05) is 49.3 Å². The molecule has 0 aliphatic rings. The van der Waals surface area contributed by atoms with Crippen LogP contribution in [-0.4, -0.2) is 18.7 Å². The Morgan fingerprint density at radius 3 is 1.64 bits per heavy atom. The van der Waals surface area contributed by atoms with Crippen LogP contribution < -0.4 is 0 Å². The van der Waals surface area contributed by atoms with E-state index in [9.17, 15) is 0 Å². The van der Waals surface area contributed by atoms with Crippen LogP contribution in [-0.2, 0) is 0 Å². The molecule has 4 heterocycles. The third-order valence-corrected chi connectivity index (χ3v) is 11.2. The first-order valence-corrected chi connectivity index (χ1v) is 17.7. The summed E-state index contributed by atoms with van der Waals surface area (Å²) in [5.74, 6) is 0. The second kappa shape index (κ2) is 10.5. The zero-order valence-electron chi connectivity index (χ0n) is 26.9. The molecule has 0 atom stereocenters. The zero-order chi connectivity index (χ0) is 32.8. The Kier molecular flexibility index (Phi) is 5.80. The molecule has 0 aliphatic heterocycles. The third kappa shape index (κ3) is 3.84. The van der Waals surface area contributed by atoms with Crippen molar-refractivity contribution in [2.24, 2.45) is 0 Å². The molecule has 0 saturated heterocycles. The molecule has 0 unspecified atom stereocenters. The summed E-state index contributed by atoms with van der Waals surface area (Å²) in [5.41, 5.74) is 10.6. The minimum absolute atomic E-state index is 0.993. The van der Waals surface area contributed by atoms with Crippen LogP contribution in [0.25, 0.3) is 92.4 Å². The first-order valence-electron chi connectivity index (χ1n) is 16.9. The van der Waals surface area contributed by atoms with Gasteiger partial charge in [0.1, 0.15) is 10.0 Å². The number of benzene rings is 7. The molecule has 0 fully saturated rings. The molecular weight excluding hydrogens is 629 g/mol. The summed E-state index contributed by atoms with van der Waals surface area (Å²) < 4.78 is 7.20. The van der Waals surface area contributed by atoms with E-state index in [-0.39, 0.29) is 0 Å². The first kappa shape index (κ1) is 27.5. The van der Waals surface area contributed by atoms with Crippen molar-refractivity contribution in [2.45, 2.75) is 0 Å². The smallest absolute Gasteiger partial charge is 0.125 e. The highest BCUT2D eigenvalue weighted by atomic mass is 32.1. The summed E-state index contributed by atoms with van der Waals surface area (Å²) in [6.45, 7) is 0. The number of thiazole rings is 1. The molecule has 5 heteroatoms. The predicted octanol–water partition coefficient (Wildman–Crippen LogP) is 12.1. The van der Waals surface area contributed by atoms with Gasteiger partial charge in [0.05, 0.1) is 39.3 Å². The molecule has 4 nitrogen and oxygen atoms in total. The van der Waals surface area contributed by atoms with Crippen molar-refractivity contribution < 1.29 is 0 Å². The van der Waals surface area contributed by atoms with Crippen LogP contribution in [0.5, 0.6) is 0 Å². The van der Waals surface area contributed by atoms with E-state index in [1.54, 1.807) is 11.3 Å². The van der Waals surface area contributed by atoms with E-state index in [2.05, 4.69) is 177 Å². The van der Waals surface area contributed by atoms with Crippen LogP contribution in [0, 0.1) is 0 Å². The molecule has 0 N–H and O–H groups in total. The van der Waals surface area contributed by atoms with Gasteiger partial charge in [0.25, 0.3) is 0 Å². The maximum atomic E-state index is 5.08. The van der Waals surface area contributed by atoms with Crippen LogP contribution >= 0.6 is 11.3 Å². The Hall–Kier alpha value is -6.43. The quantitative estimate of drug-likeness (QED) is 0.185. The monoisotopic (exact) mass is 656 g/mol. The van der Waals surface area contributed by atoms with Gasteiger partial charge < -0.3 is 9.13 Å². The minimum atomic E-state index is 0.993. The molecule has 0 spiro atoms. The van der Waals surface area contributed by atoms with E-state index in [0.29, 0.717) is 0 Å². The predicted molar refractivity (Wildman–Crippen MR) is 211 cm³/mol. The van der Waals surface area contributed by atoms with Crippen molar-refractivity contribution in [1.29, 1.82) is 0 Å². The Morgan fingerprint density at radius 1 is 0.400 bits per heavy atom. The molecule has 0 radical (unpaired) electrons. The van der Waals surface area contributed by atoms with Crippen LogP contribution in [0.4, 0.5) is 0 Å². The summed E-state index contributed by atoms with van der Waals surface area (Å²) in [5, 5.41) is 9.58. The Morgan fingerprint density at radius 2 is 0.940 bits per heavy atom. The van der Waals surface area contributed by atoms with Crippen molar-refractivity contribution >= 4 is 76.8 Å². The fourth-order valence-electron chi connectivity index (χ4n) is 8.07. The van der Waals surface area contributed by atoms with E-state index in [1.165, 1.54) is 65.4 Å². The van der Waals surface area contributed by atoms with E-state index in [4.69, 9.17) is 4.98 Å². The number of rotatable bonds is 4. The Labute approximate surface area is 291 Å². The lowest BCUT2D eigenvalue weighted by Gasteiger charge is -2.09. The maximum Gasteiger partial charge on any atom is 0.125 e. The molecule has 0 amide bonds. The third-order valence-electron chi connectivity index (χ3n) is 10.1. The second-order valence-corrected chi connectivity index (χ2v) is 13.8. The van der Waals surface area contributed by atoms with Gasteiger partial charge in [0.15, 0.2) is 0 Å². The number of para-hydroxylation sites is 5. The van der Waals surface area contributed by atoms with E-state index in [0.717, 1.165) is 26.9 Å². The van der Waals surface area contributed by atoms with Crippen LogP contribution in [0.3, 0.4) is 0 Å². The molecule has 11 aromatic rings. The van der Waals surface area contributed by atoms with Gasteiger partial charge in [0.2, 0.25) is 0 Å². The highest BCUT2D eigenvalue weighted by molar-refractivity contribution is 7.17. The van der Waals surface area contributed by atoms with Crippen molar-refractivity contribution in [3.8, 4) is 26.9 Å². The van der Waals surface area contributed by atoms with Crippen LogP contribution in [0.1, 0.15) is 0 Å². The van der Waals surface area contributed by atoms with E-state index >= 15 is 0 Å². The van der Waals surface area contributed by atoms with Crippen LogP contribution in [0.2, 0.25) is 0 Å². The fraction of sp³-hybridized carbons (Fsp3) is 0. The molecule has 0 bridgehead atoms. The van der Waals surface area contributed by atoms with Crippen molar-refractivity contribution in [3.05, 3.63) is 170 Å². The van der Waals surface area contributed by atoms with Gasteiger partial charge >= 0.3 is 0 Å². The number of nitrogens with zero attached hydrogens (tertiary/aromatic N) is 4. The topological polar surface area (TPSA) is 27.7 Å². The summed E-state index contributed by atoms with van der Waals surface area (Å²) in [4.78, 5) is 5.08. The van der Waals surface area contributed by atoms with Crippen molar-refractivity contribution in [1.82, 2.24) is 18.7 Å². The van der Waals surface area contributed by atoms with Gasteiger partial charge in [-0.15, -0.1) is 0 Å². The molecule has 4 aromatic heterocycles. The summed E-state index contributed by atoms with van der Waals surface area (Å²) >= 11 is 1.74. The minimum Gasteiger partial charge on any atom is -0.309 e. The molecule has 11 rings (SSSR count). The highest BCUT2D eigenvalue weighted by Crippen LogP contribution is 2.43. The van der Waals surface area contributed by atoms with Crippen molar-refractivity contribution in [3.63, 3.8) is 0 Å². The molecule has 0 aliphatic carbocycles. The molecule has 0 saturated carbocycles. The Bertz CT molecular complexity index is 3050. The first-order chi connectivity index (χ1) is 24.8. The second-order valence-electron chi connectivity index (χ2n) is 12.8. The van der Waals surface area contributed by atoms with Gasteiger partial charge in [-0.25, -0.2) is 4.98 Å². The average molecular weight is 657 g/mol. The highest BCUT2D eigenvalue weighted by Gasteiger charge is 2.22. The number of hydrogen-bond acceptors (Lipinski definition) is 2. The van der Waals surface area contributed by atoms with Gasteiger partial charge in [-0.05, 0) is 54.6 Å². The van der Waals surface area contributed by atoms with E-state index in [1.807, 2.05) is 6.20 Å². The molecule has 234 valence electrons. The summed E-state index contributed by atoms with van der Waals surface area (Å²) in [6, 6.07) is 58.9. The van der Waals surface area contributed by atoms with Gasteiger partial charge in [-0.2, -0.15) is 0 Å². The Balaban J connectivity index is 1.14. The zero-order valence-corrected chi connectivity index (χ0v) is 27.7. The average Bonchev–Trinajstić information content (AvgIpc) is 3.95. The molecule has 50 heavy (non-hydrogen) atoms. The SMILES string of the molecule is c1ccc(-n2c3ccccc3c3c2ccc2c4ccccc4n(-c4cnc(-c5cccc(-n6c7ccccc7c7ccccc76)c5)s4)c23)cc1. The van der Waals surface area contributed by atoms with Crippen molar-refractivity contribution in [2.75, 3.05) is 0 Å². The van der Waals surface area contributed by atoms with Gasteiger partial charge in [-0.1, -0.05) is 121 Å². The largest absolute Gasteiger partial charge is 0.309 e. The summed E-state index contributed by atoms with van der Waals surface area (Å²) in [7, 11) is 0. The standard InChI is InChI=1S/C45H28N4S/c1-2-14-30(15-3-1)47-40-24-11-7-20-36(40)43-41(47)26-25-35-34-19-6-10-23-39(34)49(44(35)43)42-28-46-45(50-42)29-13-12-16-31(27-29)48-37-21-8-4-17-32(37)33-18-5-9-22-38(33)48/h1-28H. The lowest BCUT2D eigenvalue weighted by Crippen LogP contribution is -1.94. The fourth-order valence-corrected chi connectivity index (χ4v) is 9.01. The summed E-state index contributed by atoms with van der Waals surface area (Å²) in [6.07, 6.45) is 2.05. The van der Waals surface area contributed by atoms with Crippen LogP contribution in [0.15, 0.2) is 170 Å². The molecule has 7 aromatic carbocycles. The lowest BCUT2D eigenvalue weighted by atomic mass is 10.1. The molecular formula is C45H28N4S. The number of aromatic nitrogens is 4. The maximum absolute atomic E-state index is 5.08. The number of fused-ring (bicyclic) bond motifs is 10. The normalized spacial score (nSPS) is 12.0. The van der Waals surface area contributed by atoms with Gasteiger partial charge in [-0.3, -0.25) is 4.57 Å².